The van der Waals surface area contributed by atoms with Gasteiger partial charge in [-0.1, -0.05) is 15.9 Å². The van der Waals surface area contributed by atoms with E-state index < -0.39 is 10.0 Å². The van der Waals surface area contributed by atoms with E-state index in [1.165, 1.54) is 0 Å². The zero-order chi connectivity index (χ0) is 9.73. The minimum atomic E-state index is -3.17. The molecule has 1 heterocycles. The second kappa shape index (κ2) is 4.69. The summed E-state index contributed by atoms with van der Waals surface area (Å²) in [4.78, 5) is 3.82. The Balaban J connectivity index is 2.54. The Labute approximate surface area is 85.6 Å². The van der Waals surface area contributed by atoms with Gasteiger partial charge in [-0.15, -0.1) is 0 Å². The molecule has 0 spiro atoms. The number of halogens is 1. The number of pyridine rings is 1. The molecule has 0 aliphatic heterocycles. The zero-order valence-corrected chi connectivity index (χ0v) is 9.18. The maximum atomic E-state index is 11.0. The summed E-state index contributed by atoms with van der Waals surface area (Å²) in [5, 5.41) is 0. The molecule has 0 aliphatic carbocycles. The van der Waals surface area contributed by atoms with E-state index in [0.717, 1.165) is 5.56 Å². The van der Waals surface area contributed by atoms with Crippen LogP contribution in [0.1, 0.15) is 5.56 Å². The Kier molecular flexibility index (Phi) is 3.83. The van der Waals surface area contributed by atoms with E-state index in [1.54, 1.807) is 24.5 Å². The standard InChI is InChI=1S/C7H9BrN2O2S/c8-6-13(11,12)10-5-7-1-3-9-4-2-7/h1-4,10H,5-6H2. The zero-order valence-electron chi connectivity index (χ0n) is 6.77. The molecule has 4 nitrogen and oxygen atoms in total. The molecule has 0 aromatic carbocycles. The third-order valence-electron chi connectivity index (χ3n) is 1.39. The summed E-state index contributed by atoms with van der Waals surface area (Å²) in [5.74, 6) is 0. The first kappa shape index (κ1) is 10.6. The normalized spacial score (nSPS) is 11.5. The Bertz CT molecular complexity index is 352. The van der Waals surface area contributed by atoms with Crippen molar-refractivity contribution < 1.29 is 8.42 Å². The van der Waals surface area contributed by atoms with Crippen LogP contribution < -0.4 is 4.72 Å². The molecule has 0 amide bonds. The second-order valence-corrected chi connectivity index (χ2v) is 5.51. The van der Waals surface area contributed by atoms with Crippen molar-refractivity contribution in [2.24, 2.45) is 0 Å². The van der Waals surface area contributed by atoms with E-state index >= 15 is 0 Å². The lowest BCUT2D eigenvalue weighted by atomic mass is 10.3. The third kappa shape index (κ3) is 3.84. The summed E-state index contributed by atoms with van der Waals surface area (Å²) in [6, 6.07) is 3.52. The Morgan fingerprint density at radius 1 is 1.38 bits per heavy atom. The van der Waals surface area contributed by atoms with Gasteiger partial charge in [0.1, 0.15) is 4.66 Å². The Morgan fingerprint density at radius 2 is 2.00 bits per heavy atom. The van der Waals surface area contributed by atoms with E-state index in [4.69, 9.17) is 0 Å². The van der Waals surface area contributed by atoms with Gasteiger partial charge in [0.15, 0.2) is 0 Å². The molecule has 1 aromatic rings. The molecule has 72 valence electrons. The average Bonchev–Trinajstić information content (AvgIpc) is 2.17. The largest absolute Gasteiger partial charge is 0.265 e. The van der Waals surface area contributed by atoms with Gasteiger partial charge in [-0.25, -0.2) is 13.1 Å². The van der Waals surface area contributed by atoms with Gasteiger partial charge < -0.3 is 0 Å². The number of alkyl halides is 1. The van der Waals surface area contributed by atoms with Crippen molar-refractivity contribution in [3.05, 3.63) is 30.1 Å². The Morgan fingerprint density at radius 3 is 2.54 bits per heavy atom. The Hall–Kier alpha value is -0.460. The van der Waals surface area contributed by atoms with Gasteiger partial charge in [0.25, 0.3) is 0 Å². The highest BCUT2D eigenvalue weighted by molar-refractivity contribution is 9.10. The predicted molar refractivity (Wildman–Crippen MR) is 53.8 cm³/mol. The predicted octanol–water partition coefficient (Wildman–Crippen LogP) is 0.853. The van der Waals surface area contributed by atoms with Crippen molar-refractivity contribution >= 4 is 26.0 Å². The molecule has 0 fully saturated rings. The van der Waals surface area contributed by atoms with Crippen LogP contribution in [-0.2, 0) is 16.6 Å². The van der Waals surface area contributed by atoms with Crippen LogP contribution >= 0.6 is 15.9 Å². The lowest BCUT2D eigenvalue weighted by Crippen LogP contribution is -2.23. The second-order valence-electron chi connectivity index (χ2n) is 2.40. The fourth-order valence-electron chi connectivity index (χ4n) is 0.733. The number of hydrogen-bond donors (Lipinski definition) is 1. The molecule has 0 saturated carbocycles. The van der Waals surface area contributed by atoms with Gasteiger partial charge in [0, 0.05) is 18.9 Å². The van der Waals surface area contributed by atoms with Gasteiger partial charge in [-0.2, -0.15) is 0 Å². The van der Waals surface area contributed by atoms with Crippen LogP contribution in [0.25, 0.3) is 0 Å². The molecule has 0 radical (unpaired) electrons. The molecule has 0 atom stereocenters. The van der Waals surface area contributed by atoms with E-state index in [2.05, 4.69) is 25.6 Å². The number of sulfonamides is 1. The first-order valence-electron chi connectivity index (χ1n) is 3.56. The van der Waals surface area contributed by atoms with Crippen LogP contribution in [0.5, 0.6) is 0 Å². The van der Waals surface area contributed by atoms with Crippen LogP contribution in [0.15, 0.2) is 24.5 Å². The summed E-state index contributed by atoms with van der Waals surface area (Å²) in [7, 11) is -3.17. The van der Waals surface area contributed by atoms with E-state index in [1.807, 2.05) is 0 Å². The number of nitrogens with zero attached hydrogens (tertiary/aromatic N) is 1. The van der Waals surface area contributed by atoms with Crippen molar-refractivity contribution in [2.45, 2.75) is 6.54 Å². The van der Waals surface area contributed by atoms with Crippen LogP contribution in [0.4, 0.5) is 0 Å². The van der Waals surface area contributed by atoms with Crippen molar-refractivity contribution in [1.29, 1.82) is 0 Å². The fraction of sp³-hybridized carbons (Fsp3) is 0.286. The molecule has 0 bridgehead atoms. The highest BCUT2D eigenvalue weighted by Crippen LogP contribution is 1.98. The maximum Gasteiger partial charge on any atom is 0.221 e. The van der Waals surface area contributed by atoms with Gasteiger partial charge in [-0.05, 0) is 17.7 Å². The summed E-state index contributed by atoms with van der Waals surface area (Å²) < 4.78 is 24.3. The molecule has 0 saturated heterocycles. The van der Waals surface area contributed by atoms with Gasteiger partial charge in [-0.3, -0.25) is 4.98 Å². The molecular weight excluding hydrogens is 256 g/mol. The van der Waals surface area contributed by atoms with Gasteiger partial charge in [0.05, 0.1) is 0 Å². The molecule has 13 heavy (non-hydrogen) atoms. The minimum absolute atomic E-state index is 0.0783. The number of hydrogen-bond acceptors (Lipinski definition) is 3. The number of aromatic nitrogens is 1. The maximum absolute atomic E-state index is 11.0. The van der Waals surface area contributed by atoms with E-state index in [9.17, 15) is 8.42 Å². The lowest BCUT2D eigenvalue weighted by molar-refractivity contribution is 0.586. The van der Waals surface area contributed by atoms with Crippen molar-refractivity contribution in [2.75, 3.05) is 4.66 Å². The molecule has 0 aliphatic rings. The number of nitrogens with one attached hydrogen (secondary N) is 1. The quantitative estimate of drug-likeness (QED) is 0.821. The topological polar surface area (TPSA) is 59.1 Å². The molecule has 1 aromatic heterocycles. The first-order valence-corrected chi connectivity index (χ1v) is 6.33. The van der Waals surface area contributed by atoms with Crippen molar-refractivity contribution in [3.63, 3.8) is 0 Å². The van der Waals surface area contributed by atoms with Crippen LogP contribution in [0, 0.1) is 0 Å². The van der Waals surface area contributed by atoms with E-state index in [-0.39, 0.29) is 4.66 Å². The molecule has 1 N–H and O–H groups in total. The van der Waals surface area contributed by atoms with Crippen LogP contribution in [0.2, 0.25) is 0 Å². The smallest absolute Gasteiger partial charge is 0.221 e. The molecule has 6 heteroatoms. The highest BCUT2D eigenvalue weighted by atomic mass is 79.9. The van der Waals surface area contributed by atoms with Gasteiger partial charge >= 0.3 is 0 Å². The van der Waals surface area contributed by atoms with Crippen LogP contribution in [-0.4, -0.2) is 18.1 Å². The molecule has 0 unspecified atom stereocenters. The minimum Gasteiger partial charge on any atom is -0.265 e. The van der Waals surface area contributed by atoms with Crippen molar-refractivity contribution in [1.82, 2.24) is 9.71 Å². The average molecular weight is 265 g/mol. The monoisotopic (exact) mass is 264 g/mol. The first-order chi connectivity index (χ1) is 6.14. The van der Waals surface area contributed by atoms with Gasteiger partial charge in [0.2, 0.25) is 10.0 Å². The fourth-order valence-corrected chi connectivity index (χ4v) is 1.68. The summed E-state index contributed by atoms with van der Waals surface area (Å²) in [6.45, 7) is 0.302. The summed E-state index contributed by atoms with van der Waals surface area (Å²) in [6.07, 6.45) is 3.25. The van der Waals surface area contributed by atoms with E-state index in [0.29, 0.717) is 6.54 Å². The summed E-state index contributed by atoms with van der Waals surface area (Å²) >= 11 is 2.88. The highest BCUT2D eigenvalue weighted by Gasteiger charge is 2.05. The SMILES string of the molecule is O=S(=O)(CBr)NCc1ccncc1. The number of rotatable bonds is 4. The molecular formula is C7H9BrN2O2S. The lowest BCUT2D eigenvalue weighted by Gasteiger charge is -2.02. The summed E-state index contributed by atoms with van der Waals surface area (Å²) in [5.41, 5.74) is 0.888. The van der Waals surface area contributed by atoms with Crippen molar-refractivity contribution in [3.8, 4) is 0 Å². The van der Waals surface area contributed by atoms with Crippen LogP contribution in [0.3, 0.4) is 0 Å². The molecule has 1 rings (SSSR count). The third-order valence-corrected chi connectivity index (χ3v) is 4.07.